The number of hydrogen-bond acceptors (Lipinski definition) is 4. The lowest BCUT2D eigenvalue weighted by Crippen LogP contribution is -2.15. The maximum absolute atomic E-state index is 11.9. The fourth-order valence-electron chi connectivity index (χ4n) is 1.63. The minimum absolute atomic E-state index is 0.0613. The second-order valence-corrected chi connectivity index (χ2v) is 3.95. The van der Waals surface area contributed by atoms with Crippen molar-refractivity contribution in [2.45, 2.75) is 20.3 Å². The van der Waals surface area contributed by atoms with Crippen LogP contribution in [0.2, 0.25) is 0 Å². The maximum atomic E-state index is 11.9. The molecule has 17 heavy (non-hydrogen) atoms. The summed E-state index contributed by atoms with van der Waals surface area (Å²) in [4.78, 5) is 33.0. The lowest BCUT2D eigenvalue weighted by molar-refractivity contribution is -0.385. The number of nitrogens with zero attached hydrogens (tertiary/aromatic N) is 1. The van der Waals surface area contributed by atoms with Crippen LogP contribution in [0.5, 0.6) is 0 Å². The first kappa shape index (κ1) is 13.0. The van der Waals surface area contributed by atoms with Gasteiger partial charge in [-0.1, -0.05) is 19.1 Å². The van der Waals surface area contributed by atoms with E-state index in [1.54, 1.807) is 13.0 Å². The SMILES string of the molecule is CC(=O)CC(C)C(=O)c1ccccc1[N+](=O)[O-]. The number of ketones is 2. The van der Waals surface area contributed by atoms with Crippen LogP contribution in [0.15, 0.2) is 24.3 Å². The molecule has 1 aromatic carbocycles. The number of nitro benzene ring substituents is 1. The topological polar surface area (TPSA) is 77.3 Å². The first-order valence-electron chi connectivity index (χ1n) is 5.20. The number of hydrogen-bond donors (Lipinski definition) is 0. The third-order valence-electron chi connectivity index (χ3n) is 2.41. The summed E-state index contributed by atoms with van der Waals surface area (Å²) in [6.07, 6.45) is 0.102. The van der Waals surface area contributed by atoms with Crippen molar-refractivity contribution in [1.82, 2.24) is 0 Å². The molecule has 0 aromatic heterocycles. The van der Waals surface area contributed by atoms with Gasteiger partial charge in [0.15, 0.2) is 5.78 Å². The maximum Gasteiger partial charge on any atom is 0.280 e. The van der Waals surface area contributed by atoms with Crippen molar-refractivity contribution >= 4 is 17.3 Å². The number of carbonyl (C=O) groups is 2. The number of para-hydroxylation sites is 1. The Labute approximate surface area is 98.6 Å². The Morgan fingerprint density at radius 2 is 1.94 bits per heavy atom. The van der Waals surface area contributed by atoms with Gasteiger partial charge in [0.2, 0.25) is 0 Å². The Balaban J connectivity index is 3.04. The van der Waals surface area contributed by atoms with Gasteiger partial charge < -0.3 is 4.79 Å². The highest BCUT2D eigenvalue weighted by molar-refractivity contribution is 6.02. The first-order chi connectivity index (χ1) is 7.93. The van der Waals surface area contributed by atoms with Gasteiger partial charge in [0.05, 0.1) is 10.5 Å². The van der Waals surface area contributed by atoms with Crippen molar-refractivity contribution in [3.63, 3.8) is 0 Å². The van der Waals surface area contributed by atoms with Crippen LogP contribution < -0.4 is 0 Å². The molecule has 0 aliphatic heterocycles. The molecule has 1 atom stereocenters. The van der Waals surface area contributed by atoms with Crippen LogP contribution in [0.1, 0.15) is 30.6 Å². The quantitative estimate of drug-likeness (QED) is 0.446. The van der Waals surface area contributed by atoms with Crippen LogP contribution in [0.4, 0.5) is 5.69 Å². The molecule has 5 nitrogen and oxygen atoms in total. The molecule has 0 amide bonds. The molecule has 0 heterocycles. The largest absolute Gasteiger partial charge is 0.300 e. The van der Waals surface area contributed by atoms with E-state index >= 15 is 0 Å². The third-order valence-corrected chi connectivity index (χ3v) is 2.41. The van der Waals surface area contributed by atoms with Crippen LogP contribution in [-0.2, 0) is 4.79 Å². The number of nitro groups is 1. The van der Waals surface area contributed by atoms with Gasteiger partial charge in [-0.25, -0.2) is 0 Å². The molecule has 1 aromatic rings. The van der Waals surface area contributed by atoms with Gasteiger partial charge in [0.25, 0.3) is 5.69 Å². The van der Waals surface area contributed by atoms with E-state index in [9.17, 15) is 19.7 Å². The van der Waals surface area contributed by atoms with Crippen LogP contribution >= 0.6 is 0 Å². The van der Waals surface area contributed by atoms with Crippen LogP contribution in [-0.4, -0.2) is 16.5 Å². The highest BCUT2D eigenvalue weighted by atomic mass is 16.6. The normalized spacial score (nSPS) is 11.9. The van der Waals surface area contributed by atoms with E-state index in [-0.39, 0.29) is 29.2 Å². The predicted molar refractivity (Wildman–Crippen MR) is 61.9 cm³/mol. The standard InChI is InChI=1S/C12H13NO4/c1-8(7-9(2)14)12(15)10-5-3-4-6-11(10)13(16)17/h3-6,8H,7H2,1-2H3. The van der Waals surface area contributed by atoms with E-state index < -0.39 is 10.8 Å². The number of rotatable bonds is 5. The molecule has 0 fully saturated rings. The van der Waals surface area contributed by atoms with E-state index in [1.165, 1.54) is 25.1 Å². The summed E-state index contributed by atoms with van der Waals surface area (Å²) < 4.78 is 0. The van der Waals surface area contributed by atoms with Crippen LogP contribution in [0.3, 0.4) is 0 Å². The molecule has 0 N–H and O–H groups in total. The minimum Gasteiger partial charge on any atom is -0.300 e. The van der Waals surface area contributed by atoms with Crippen molar-refractivity contribution in [2.75, 3.05) is 0 Å². The molecule has 90 valence electrons. The molecule has 0 bridgehead atoms. The second kappa shape index (κ2) is 5.34. The highest BCUT2D eigenvalue weighted by Gasteiger charge is 2.24. The van der Waals surface area contributed by atoms with Gasteiger partial charge in [-0.05, 0) is 13.0 Å². The number of carbonyl (C=O) groups excluding carboxylic acids is 2. The van der Waals surface area contributed by atoms with E-state index in [2.05, 4.69) is 0 Å². The van der Waals surface area contributed by atoms with Crippen LogP contribution in [0, 0.1) is 16.0 Å². The lowest BCUT2D eigenvalue weighted by atomic mass is 9.94. The summed E-state index contributed by atoms with van der Waals surface area (Å²) in [6.45, 7) is 2.99. The fraction of sp³-hybridized carbons (Fsp3) is 0.333. The Morgan fingerprint density at radius 1 is 1.35 bits per heavy atom. The van der Waals surface area contributed by atoms with E-state index in [4.69, 9.17) is 0 Å². The minimum atomic E-state index is -0.590. The molecule has 1 rings (SSSR count). The third kappa shape index (κ3) is 3.21. The summed E-state index contributed by atoms with van der Waals surface area (Å²) in [5.41, 5.74) is -0.154. The van der Waals surface area contributed by atoms with Crippen molar-refractivity contribution < 1.29 is 14.5 Å². The summed E-state index contributed by atoms with van der Waals surface area (Å²) in [6, 6.07) is 5.77. The average molecular weight is 235 g/mol. The lowest BCUT2D eigenvalue weighted by Gasteiger charge is -2.08. The molecule has 0 aliphatic carbocycles. The Hall–Kier alpha value is -2.04. The Kier molecular flexibility index (Phi) is 4.09. The highest BCUT2D eigenvalue weighted by Crippen LogP contribution is 2.22. The number of benzene rings is 1. The number of Topliss-reactive ketones (excluding diaryl/α,β-unsaturated/α-hetero) is 2. The molecular formula is C12H13NO4. The van der Waals surface area contributed by atoms with Gasteiger partial charge in [0.1, 0.15) is 5.78 Å². The van der Waals surface area contributed by atoms with E-state index in [1.807, 2.05) is 0 Å². The summed E-state index contributed by atoms with van der Waals surface area (Å²) >= 11 is 0. The van der Waals surface area contributed by atoms with Crippen molar-refractivity contribution in [2.24, 2.45) is 5.92 Å². The van der Waals surface area contributed by atoms with E-state index in [0.717, 1.165) is 0 Å². The first-order valence-corrected chi connectivity index (χ1v) is 5.20. The molecule has 5 heteroatoms. The van der Waals surface area contributed by atoms with Crippen LogP contribution in [0.25, 0.3) is 0 Å². The second-order valence-electron chi connectivity index (χ2n) is 3.95. The average Bonchev–Trinajstić information content (AvgIpc) is 2.27. The molecule has 1 unspecified atom stereocenters. The Morgan fingerprint density at radius 3 is 2.47 bits per heavy atom. The molecule has 0 saturated carbocycles. The van der Waals surface area contributed by atoms with Gasteiger partial charge in [-0.15, -0.1) is 0 Å². The smallest absolute Gasteiger partial charge is 0.280 e. The summed E-state index contributed by atoms with van der Waals surface area (Å²) in [7, 11) is 0. The fourth-order valence-corrected chi connectivity index (χ4v) is 1.63. The summed E-state index contributed by atoms with van der Waals surface area (Å²) in [5, 5.41) is 10.8. The van der Waals surface area contributed by atoms with Gasteiger partial charge in [-0.3, -0.25) is 14.9 Å². The zero-order chi connectivity index (χ0) is 13.0. The molecule has 0 spiro atoms. The molecular weight excluding hydrogens is 222 g/mol. The van der Waals surface area contributed by atoms with Crippen molar-refractivity contribution in [1.29, 1.82) is 0 Å². The zero-order valence-electron chi connectivity index (χ0n) is 9.67. The van der Waals surface area contributed by atoms with Gasteiger partial charge in [-0.2, -0.15) is 0 Å². The van der Waals surface area contributed by atoms with E-state index in [0.29, 0.717) is 0 Å². The monoisotopic (exact) mass is 235 g/mol. The predicted octanol–water partition coefficient (Wildman–Crippen LogP) is 2.39. The molecule has 0 aliphatic rings. The van der Waals surface area contributed by atoms with Crippen molar-refractivity contribution in [3.05, 3.63) is 39.9 Å². The van der Waals surface area contributed by atoms with Crippen molar-refractivity contribution in [3.8, 4) is 0 Å². The summed E-state index contributed by atoms with van der Waals surface area (Å²) in [5.74, 6) is -1.01. The van der Waals surface area contributed by atoms with Gasteiger partial charge >= 0.3 is 0 Å². The molecule has 0 saturated heterocycles. The molecule has 0 radical (unpaired) electrons. The Bertz CT molecular complexity index is 467. The zero-order valence-corrected chi connectivity index (χ0v) is 9.67. The van der Waals surface area contributed by atoms with Gasteiger partial charge in [0, 0.05) is 18.4 Å².